The zero-order valence-electron chi connectivity index (χ0n) is 22.0. The van der Waals surface area contributed by atoms with Crippen molar-refractivity contribution in [2.24, 2.45) is 4.99 Å². The molecule has 1 saturated heterocycles. The van der Waals surface area contributed by atoms with Crippen LogP contribution in [-0.2, 0) is 9.53 Å². The minimum Gasteiger partial charge on any atom is -0.383 e. The molecule has 0 radical (unpaired) electrons. The highest BCUT2D eigenvalue weighted by molar-refractivity contribution is 8.18. The van der Waals surface area contributed by atoms with E-state index in [-0.39, 0.29) is 11.4 Å². The lowest BCUT2D eigenvalue weighted by molar-refractivity contribution is -0.122. The number of aryl methyl sites for hydroxylation is 1. The van der Waals surface area contributed by atoms with Crippen LogP contribution in [0.4, 0.5) is 11.4 Å². The Morgan fingerprint density at radius 3 is 2.60 bits per heavy atom. The number of fused-ring (bicyclic) bond motifs is 1. The maximum absolute atomic E-state index is 13.4. The average Bonchev–Trinajstić information content (AvgIpc) is 3.07. The number of thioether (sulfide) groups is 1. The highest BCUT2D eigenvalue weighted by Gasteiger charge is 2.38. The Morgan fingerprint density at radius 2 is 1.94 bits per heavy atom. The molecule has 4 rings (SSSR count). The number of anilines is 1. The molecule has 6 heteroatoms. The lowest BCUT2D eigenvalue weighted by Crippen LogP contribution is -2.51. The molecule has 0 bridgehead atoms. The number of hydrogen-bond donors (Lipinski definition) is 0. The first kappa shape index (κ1) is 25.5. The van der Waals surface area contributed by atoms with Gasteiger partial charge in [-0.15, -0.1) is 0 Å². The van der Waals surface area contributed by atoms with Gasteiger partial charge in [0.1, 0.15) is 0 Å². The minimum absolute atomic E-state index is 0.0168. The van der Waals surface area contributed by atoms with E-state index < -0.39 is 0 Å². The molecule has 1 atom stereocenters. The first-order valence-corrected chi connectivity index (χ1v) is 13.2. The Bertz CT molecular complexity index is 1150. The van der Waals surface area contributed by atoms with Crippen molar-refractivity contribution in [1.82, 2.24) is 4.90 Å². The number of amidine groups is 1. The Morgan fingerprint density at radius 1 is 1.23 bits per heavy atom. The summed E-state index contributed by atoms with van der Waals surface area (Å²) in [7, 11) is 1.65. The fourth-order valence-electron chi connectivity index (χ4n) is 5.47. The van der Waals surface area contributed by atoms with Gasteiger partial charge in [-0.25, -0.2) is 4.99 Å². The first-order chi connectivity index (χ1) is 16.6. The number of carbonyl (C=O) groups excluding carboxylic acids is 1. The van der Waals surface area contributed by atoms with Crippen molar-refractivity contribution < 1.29 is 9.53 Å². The zero-order valence-corrected chi connectivity index (χ0v) is 22.8. The van der Waals surface area contributed by atoms with E-state index in [4.69, 9.17) is 9.73 Å². The van der Waals surface area contributed by atoms with E-state index in [1.807, 2.05) is 36.4 Å². The van der Waals surface area contributed by atoms with Crippen LogP contribution in [0.2, 0.25) is 0 Å². The molecule has 0 saturated carbocycles. The van der Waals surface area contributed by atoms with Gasteiger partial charge in [0.05, 0.1) is 23.7 Å². The maximum Gasteiger partial charge on any atom is 0.266 e. The van der Waals surface area contributed by atoms with Crippen LogP contribution in [0.3, 0.4) is 0 Å². The van der Waals surface area contributed by atoms with Gasteiger partial charge in [0.15, 0.2) is 5.17 Å². The molecule has 1 amide bonds. The number of para-hydroxylation sites is 1. The Kier molecular flexibility index (Phi) is 7.43. The molecule has 2 aliphatic heterocycles. The third kappa shape index (κ3) is 5.19. The molecule has 0 N–H and O–H groups in total. The monoisotopic (exact) mass is 491 g/mol. The third-order valence-electron chi connectivity index (χ3n) is 6.85. The van der Waals surface area contributed by atoms with Gasteiger partial charge in [-0.2, -0.15) is 0 Å². The molecule has 2 aromatic rings. The van der Waals surface area contributed by atoms with E-state index in [2.05, 4.69) is 58.6 Å². The molecule has 35 heavy (non-hydrogen) atoms. The number of amides is 1. The van der Waals surface area contributed by atoms with Crippen LogP contribution >= 0.6 is 11.8 Å². The number of aliphatic imine (C=N–C) groups is 1. The smallest absolute Gasteiger partial charge is 0.266 e. The Labute approximate surface area is 214 Å². The molecule has 0 aliphatic carbocycles. The number of rotatable bonds is 6. The van der Waals surface area contributed by atoms with Crippen molar-refractivity contribution in [1.29, 1.82) is 0 Å². The van der Waals surface area contributed by atoms with Crippen LogP contribution in [0.15, 0.2) is 52.4 Å². The van der Waals surface area contributed by atoms with Gasteiger partial charge in [0.2, 0.25) is 0 Å². The molecular formula is C29H37N3O2S. The average molecular weight is 492 g/mol. The highest BCUT2D eigenvalue weighted by atomic mass is 32.2. The number of hydrogen-bond acceptors (Lipinski definition) is 5. The van der Waals surface area contributed by atoms with Crippen molar-refractivity contribution in [3.05, 3.63) is 64.1 Å². The Hall–Kier alpha value is -2.57. The molecule has 2 aromatic carbocycles. The minimum atomic E-state index is -0.0168. The predicted molar refractivity (Wildman–Crippen MR) is 149 cm³/mol. The molecule has 186 valence electrons. The lowest BCUT2D eigenvalue weighted by Gasteiger charge is -2.50. The van der Waals surface area contributed by atoms with Gasteiger partial charge in [-0.05, 0) is 106 Å². The van der Waals surface area contributed by atoms with E-state index >= 15 is 0 Å². The molecule has 5 nitrogen and oxygen atoms in total. The summed E-state index contributed by atoms with van der Waals surface area (Å²) in [5.41, 5.74) is 5.90. The van der Waals surface area contributed by atoms with Crippen LogP contribution in [0.25, 0.3) is 6.08 Å². The summed E-state index contributed by atoms with van der Waals surface area (Å²) >= 11 is 1.44. The van der Waals surface area contributed by atoms with Gasteiger partial charge in [0.25, 0.3) is 5.91 Å². The number of carbonyl (C=O) groups is 1. The first-order valence-electron chi connectivity index (χ1n) is 12.4. The highest BCUT2D eigenvalue weighted by Crippen LogP contribution is 2.46. The van der Waals surface area contributed by atoms with Crippen LogP contribution in [0, 0.1) is 6.92 Å². The second-order valence-corrected chi connectivity index (χ2v) is 11.4. The Balaban J connectivity index is 1.73. The lowest BCUT2D eigenvalue weighted by atomic mass is 9.78. The van der Waals surface area contributed by atoms with E-state index in [9.17, 15) is 4.79 Å². The number of nitrogens with zero attached hydrogens (tertiary/aromatic N) is 3. The van der Waals surface area contributed by atoms with Crippen LogP contribution in [0.1, 0.15) is 63.6 Å². The van der Waals surface area contributed by atoms with Gasteiger partial charge in [-0.3, -0.25) is 9.69 Å². The van der Waals surface area contributed by atoms with Gasteiger partial charge >= 0.3 is 0 Å². The number of benzene rings is 2. The maximum atomic E-state index is 13.4. The molecular weight excluding hydrogens is 454 g/mol. The van der Waals surface area contributed by atoms with Gasteiger partial charge in [0, 0.05) is 24.4 Å². The molecule has 2 aliphatic rings. The van der Waals surface area contributed by atoms with E-state index in [1.165, 1.54) is 28.6 Å². The van der Waals surface area contributed by atoms with Gasteiger partial charge in [-0.1, -0.05) is 25.1 Å². The molecule has 0 spiro atoms. The van der Waals surface area contributed by atoms with Crippen molar-refractivity contribution in [3.8, 4) is 0 Å². The fourth-order valence-corrected chi connectivity index (χ4v) is 6.49. The zero-order chi connectivity index (χ0) is 25.3. The second-order valence-electron chi connectivity index (χ2n) is 10.4. The molecule has 1 fully saturated rings. The molecule has 0 unspecified atom stereocenters. The summed E-state index contributed by atoms with van der Waals surface area (Å²) in [5, 5.41) is 0.696. The quantitative estimate of drug-likeness (QED) is 0.420. The summed E-state index contributed by atoms with van der Waals surface area (Å²) in [6.07, 6.45) is 3.14. The summed E-state index contributed by atoms with van der Waals surface area (Å²) in [6, 6.07) is 14.8. The SMILES string of the molecule is COCCN1C(=O)/C(=C/c2cc3c(cc2C)N(C(C)C)C(C)(C)C[C@H]3C)SC1=Nc1ccccc1. The summed E-state index contributed by atoms with van der Waals surface area (Å²) in [5.74, 6) is 0.435. The van der Waals surface area contributed by atoms with E-state index in [0.717, 1.165) is 17.7 Å². The standard InChI is InChI=1S/C29H37N3O2S/c1-19(2)32-25-15-20(3)22(16-24(25)21(4)18-29(32,5)6)17-26-27(33)31(13-14-34-7)28(35-26)30-23-11-9-8-10-12-23/h8-12,15-17,19,21H,13-14,18H2,1-7H3/b26-17-,30-28?/t21-/m1/s1. The summed E-state index contributed by atoms with van der Waals surface area (Å²) in [6.45, 7) is 14.6. The number of ether oxygens (including phenoxy) is 1. The van der Waals surface area contributed by atoms with Crippen molar-refractivity contribution in [3.63, 3.8) is 0 Å². The largest absolute Gasteiger partial charge is 0.383 e. The van der Waals surface area contributed by atoms with E-state index in [1.54, 1.807) is 12.0 Å². The normalized spacial score (nSPS) is 21.9. The number of methoxy groups -OCH3 is 1. The third-order valence-corrected chi connectivity index (χ3v) is 7.86. The topological polar surface area (TPSA) is 45.1 Å². The van der Waals surface area contributed by atoms with E-state index in [0.29, 0.717) is 35.2 Å². The second kappa shape index (κ2) is 10.2. The predicted octanol–water partition coefficient (Wildman–Crippen LogP) is 6.75. The molecule has 0 aromatic heterocycles. The van der Waals surface area contributed by atoms with Crippen LogP contribution in [-0.4, -0.2) is 47.8 Å². The summed E-state index contributed by atoms with van der Waals surface area (Å²) < 4.78 is 5.26. The van der Waals surface area contributed by atoms with Crippen LogP contribution in [0.5, 0.6) is 0 Å². The van der Waals surface area contributed by atoms with Crippen molar-refractivity contribution in [2.75, 3.05) is 25.2 Å². The van der Waals surface area contributed by atoms with Crippen LogP contribution < -0.4 is 4.90 Å². The summed E-state index contributed by atoms with van der Waals surface area (Å²) in [4.78, 5) is 23.1. The van der Waals surface area contributed by atoms with Crippen molar-refractivity contribution >= 4 is 40.3 Å². The van der Waals surface area contributed by atoms with Crippen molar-refractivity contribution in [2.45, 2.75) is 65.5 Å². The molecule has 2 heterocycles. The fraction of sp³-hybridized carbons (Fsp3) is 0.448. The van der Waals surface area contributed by atoms with Gasteiger partial charge < -0.3 is 9.64 Å².